The third kappa shape index (κ3) is 4.72. The number of hydrogen-bond acceptors (Lipinski definition) is 5. The summed E-state index contributed by atoms with van der Waals surface area (Å²) in [5.74, 6) is 2.84. The lowest BCUT2D eigenvalue weighted by Crippen LogP contribution is -2.07. The number of rotatable bonds is 7. The van der Waals surface area contributed by atoms with Gasteiger partial charge < -0.3 is 16.2 Å². The fraction of sp³-hybridized carbons (Fsp3) is 0.545. The summed E-state index contributed by atoms with van der Waals surface area (Å²) in [6.45, 7) is 3.08. The second-order valence-corrected chi connectivity index (χ2v) is 4.77. The molecule has 5 heteroatoms. The zero-order chi connectivity index (χ0) is 11.8. The second kappa shape index (κ2) is 7.35. The van der Waals surface area contributed by atoms with Gasteiger partial charge in [0.25, 0.3) is 0 Å². The predicted molar refractivity (Wildman–Crippen MR) is 70.9 cm³/mol. The van der Waals surface area contributed by atoms with Crippen molar-refractivity contribution in [3.63, 3.8) is 0 Å². The molecule has 1 rings (SSSR count). The van der Waals surface area contributed by atoms with Gasteiger partial charge in [0.2, 0.25) is 0 Å². The van der Waals surface area contributed by atoms with E-state index in [9.17, 15) is 0 Å². The quantitative estimate of drug-likeness (QED) is 0.631. The van der Waals surface area contributed by atoms with Crippen molar-refractivity contribution in [2.75, 3.05) is 35.7 Å². The number of nitrogen functional groups attached to an aromatic ring is 1. The number of nitrogens with zero attached hydrogens (tertiary/aromatic N) is 1. The number of pyridine rings is 1. The van der Waals surface area contributed by atoms with Crippen LogP contribution in [0.5, 0.6) is 0 Å². The highest BCUT2D eigenvalue weighted by molar-refractivity contribution is 7.99. The molecule has 0 radical (unpaired) electrons. The number of aliphatic hydroxyl groups excluding tert-OH is 1. The number of nitrogens with one attached hydrogen (secondary N) is 1. The van der Waals surface area contributed by atoms with Crippen LogP contribution < -0.4 is 11.1 Å². The summed E-state index contributed by atoms with van der Waals surface area (Å²) in [7, 11) is 0. The smallest absolute Gasteiger partial charge is 0.127 e. The number of anilines is 2. The summed E-state index contributed by atoms with van der Waals surface area (Å²) in [5, 5.41) is 11.8. The molecule has 0 aliphatic rings. The van der Waals surface area contributed by atoms with Crippen molar-refractivity contribution in [3.8, 4) is 0 Å². The highest BCUT2D eigenvalue weighted by Crippen LogP contribution is 2.13. The number of aromatic nitrogens is 1. The number of thioether (sulfide) groups is 1. The van der Waals surface area contributed by atoms with Crippen molar-refractivity contribution in [1.82, 2.24) is 4.98 Å². The van der Waals surface area contributed by atoms with Gasteiger partial charge in [-0.05, 0) is 24.7 Å². The Kier molecular flexibility index (Phi) is 6.03. The first-order valence-corrected chi connectivity index (χ1v) is 6.54. The number of aryl methyl sites for hydroxylation is 1. The van der Waals surface area contributed by atoms with E-state index in [-0.39, 0.29) is 6.61 Å². The first kappa shape index (κ1) is 13.1. The maximum atomic E-state index is 8.60. The van der Waals surface area contributed by atoms with Crippen LogP contribution >= 0.6 is 11.8 Å². The molecule has 0 aromatic carbocycles. The molecule has 0 unspecified atom stereocenters. The van der Waals surface area contributed by atoms with Crippen LogP contribution in [0.15, 0.2) is 12.3 Å². The molecule has 90 valence electrons. The molecule has 0 fully saturated rings. The minimum absolute atomic E-state index is 0.274. The molecule has 4 N–H and O–H groups in total. The van der Waals surface area contributed by atoms with Crippen LogP contribution in [0.1, 0.15) is 12.0 Å². The predicted octanol–water partition coefficient (Wildman–Crippen LogP) is 1.50. The zero-order valence-corrected chi connectivity index (χ0v) is 10.4. The molecule has 0 bridgehead atoms. The molecule has 0 spiro atoms. The summed E-state index contributed by atoms with van der Waals surface area (Å²) in [4.78, 5) is 4.23. The Labute approximate surface area is 101 Å². The van der Waals surface area contributed by atoms with E-state index in [1.165, 1.54) is 0 Å². The van der Waals surface area contributed by atoms with E-state index in [1.54, 1.807) is 6.20 Å². The van der Waals surface area contributed by atoms with Gasteiger partial charge in [-0.3, -0.25) is 0 Å². The van der Waals surface area contributed by atoms with Gasteiger partial charge in [0, 0.05) is 36.9 Å². The number of aliphatic hydroxyl groups is 1. The standard InChI is InChI=1S/C11H19N3OS/c1-9-8-14-11(7-10(9)12)13-3-6-16-5-2-4-15/h7-8,15H,2-6H2,1H3,(H3,12,13,14). The highest BCUT2D eigenvalue weighted by Gasteiger charge is 1.97. The summed E-state index contributed by atoms with van der Waals surface area (Å²) in [5.41, 5.74) is 7.55. The van der Waals surface area contributed by atoms with Gasteiger partial charge in [-0.1, -0.05) is 0 Å². The van der Waals surface area contributed by atoms with Gasteiger partial charge in [-0.25, -0.2) is 4.98 Å². The number of nitrogens with two attached hydrogens (primary N) is 1. The van der Waals surface area contributed by atoms with Gasteiger partial charge in [0.05, 0.1) is 0 Å². The van der Waals surface area contributed by atoms with E-state index in [4.69, 9.17) is 10.8 Å². The Bertz CT molecular complexity index is 320. The van der Waals surface area contributed by atoms with Gasteiger partial charge in [-0.2, -0.15) is 11.8 Å². The van der Waals surface area contributed by atoms with Crippen molar-refractivity contribution in [3.05, 3.63) is 17.8 Å². The van der Waals surface area contributed by atoms with E-state index in [2.05, 4.69) is 10.3 Å². The van der Waals surface area contributed by atoms with Gasteiger partial charge in [0.1, 0.15) is 5.82 Å². The van der Waals surface area contributed by atoms with Crippen LogP contribution in [-0.4, -0.2) is 34.7 Å². The third-order valence-electron chi connectivity index (χ3n) is 2.14. The van der Waals surface area contributed by atoms with Crippen LogP contribution in [0, 0.1) is 6.92 Å². The Morgan fingerprint density at radius 3 is 3.00 bits per heavy atom. The summed E-state index contributed by atoms with van der Waals surface area (Å²) < 4.78 is 0. The third-order valence-corrected chi connectivity index (χ3v) is 3.21. The molecule has 0 amide bonds. The minimum Gasteiger partial charge on any atom is -0.398 e. The summed E-state index contributed by atoms with van der Waals surface area (Å²) in [6.07, 6.45) is 2.64. The van der Waals surface area contributed by atoms with Gasteiger partial charge >= 0.3 is 0 Å². The van der Waals surface area contributed by atoms with Crippen molar-refractivity contribution in [2.45, 2.75) is 13.3 Å². The molecule has 0 aliphatic heterocycles. The topological polar surface area (TPSA) is 71.2 Å². The normalized spacial score (nSPS) is 10.4. The monoisotopic (exact) mass is 241 g/mol. The lowest BCUT2D eigenvalue weighted by atomic mass is 10.2. The van der Waals surface area contributed by atoms with Gasteiger partial charge in [0.15, 0.2) is 0 Å². The first-order chi connectivity index (χ1) is 7.74. The molecule has 1 heterocycles. The molecule has 0 aliphatic carbocycles. The SMILES string of the molecule is Cc1cnc(NCCSCCCO)cc1N. The fourth-order valence-corrected chi connectivity index (χ4v) is 1.94. The average Bonchev–Trinajstić information content (AvgIpc) is 2.28. The van der Waals surface area contributed by atoms with E-state index in [1.807, 2.05) is 24.8 Å². The maximum Gasteiger partial charge on any atom is 0.127 e. The molecule has 16 heavy (non-hydrogen) atoms. The van der Waals surface area contributed by atoms with Crippen molar-refractivity contribution in [2.24, 2.45) is 0 Å². The first-order valence-electron chi connectivity index (χ1n) is 5.38. The van der Waals surface area contributed by atoms with Crippen LogP contribution in [0.25, 0.3) is 0 Å². The maximum absolute atomic E-state index is 8.60. The minimum atomic E-state index is 0.274. The fourth-order valence-electron chi connectivity index (χ4n) is 1.16. The van der Waals surface area contributed by atoms with E-state index >= 15 is 0 Å². The van der Waals surface area contributed by atoms with Crippen molar-refractivity contribution < 1.29 is 5.11 Å². The Hall–Kier alpha value is -0.940. The Morgan fingerprint density at radius 1 is 1.50 bits per heavy atom. The largest absolute Gasteiger partial charge is 0.398 e. The molecule has 0 atom stereocenters. The Balaban J connectivity index is 2.19. The van der Waals surface area contributed by atoms with E-state index in [0.717, 1.165) is 41.5 Å². The van der Waals surface area contributed by atoms with Crippen LogP contribution in [0.2, 0.25) is 0 Å². The van der Waals surface area contributed by atoms with Crippen LogP contribution in [0.4, 0.5) is 11.5 Å². The van der Waals surface area contributed by atoms with E-state index in [0.29, 0.717) is 0 Å². The van der Waals surface area contributed by atoms with E-state index < -0.39 is 0 Å². The molecule has 0 saturated carbocycles. The van der Waals surface area contributed by atoms with Crippen molar-refractivity contribution in [1.29, 1.82) is 0 Å². The van der Waals surface area contributed by atoms with Crippen LogP contribution in [0.3, 0.4) is 0 Å². The lowest BCUT2D eigenvalue weighted by Gasteiger charge is -2.07. The second-order valence-electron chi connectivity index (χ2n) is 3.54. The number of hydrogen-bond donors (Lipinski definition) is 3. The zero-order valence-electron chi connectivity index (χ0n) is 9.57. The molecule has 4 nitrogen and oxygen atoms in total. The molecular formula is C11H19N3OS. The summed E-state index contributed by atoms with van der Waals surface area (Å²) in [6, 6.07) is 1.85. The Morgan fingerprint density at radius 2 is 2.31 bits per heavy atom. The molecule has 1 aromatic heterocycles. The molecule has 1 aromatic rings. The van der Waals surface area contributed by atoms with Crippen molar-refractivity contribution >= 4 is 23.3 Å². The molecular weight excluding hydrogens is 222 g/mol. The van der Waals surface area contributed by atoms with Crippen LogP contribution in [-0.2, 0) is 0 Å². The average molecular weight is 241 g/mol. The lowest BCUT2D eigenvalue weighted by molar-refractivity contribution is 0.296. The van der Waals surface area contributed by atoms with Gasteiger partial charge in [-0.15, -0.1) is 0 Å². The molecule has 0 saturated heterocycles. The highest BCUT2D eigenvalue weighted by atomic mass is 32.2. The summed E-state index contributed by atoms with van der Waals surface area (Å²) >= 11 is 1.82.